The van der Waals surface area contributed by atoms with Gasteiger partial charge < -0.3 is 15.7 Å². The number of carboxylic acid groups (broad SMARTS) is 1. The van der Waals surface area contributed by atoms with Crippen molar-refractivity contribution in [2.75, 3.05) is 18.4 Å². The van der Waals surface area contributed by atoms with Gasteiger partial charge in [-0.15, -0.1) is 0 Å². The van der Waals surface area contributed by atoms with Gasteiger partial charge in [0.05, 0.1) is 29.0 Å². The highest BCUT2D eigenvalue weighted by Gasteiger charge is 2.22. The number of fused-ring (bicyclic) bond motifs is 1. The topological polar surface area (TPSA) is 92.1 Å². The van der Waals surface area contributed by atoms with Gasteiger partial charge in [-0.1, -0.05) is 0 Å². The number of nitrogens with zero attached hydrogens (tertiary/aromatic N) is 3. The van der Waals surface area contributed by atoms with Gasteiger partial charge in [0, 0.05) is 18.1 Å². The average molecular weight is 341 g/mol. The van der Waals surface area contributed by atoms with Crippen molar-refractivity contribution in [3.63, 3.8) is 0 Å². The van der Waals surface area contributed by atoms with E-state index in [1.54, 1.807) is 6.07 Å². The summed E-state index contributed by atoms with van der Waals surface area (Å²) in [7, 11) is 0. The van der Waals surface area contributed by atoms with E-state index in [0.717, 1.165) is 25.0 Å². The summed E-state index contributed by atoms with van der Waals surface area (Å²) in [5, 5.41) is 20.8. The first kappa shape index (κ1) is 15.5. The first-order valence-electron chi connectivity index (χ1n) is 7.96. The molecule has 1 aromatic carbocycles. The van der Waals surface area contributed by atoms with E-state index in [1.165, 1.54) is 30.6 Å². The molecular weight excluding hydrogens is 325 g/mol. The lowest BCUT2D eigenvalue weighted by Crippen LogP contribution is -2.14. The lowest BCUT2D eigenvalue weighted by molar-refractivity contribution is 0.0698. The molecular formula is C17H16FN5O2. The molecule has 1 fully saturated rings. The molecule has 1 aliphatic heterocycles. The maximum atomic E-state index is 13.8. The van der Waals surface area contributed by atoms with Crippen LogP contribution in [-0.4, -0.2) is 38.9 Å². The molecule has 1 saturated heterocycles. The van der Waals surface area contributed by atoms with Crippen LogP contribution < -0.4 is 10.6 Å². The lowest BCUT2D eigenvalue weighted by atomic mass is 10.2. The Morgan fingerprint density at radius 1 is 1.40 bits per heavy atom. The largest absolute Gasteiger partial charge is 0.478 e. The van der Waals surface area contributed by atoms with Gasteiger partial charge in [0.1, 0.15) is 5.82 Å². The van der Waals surface area contributed by atoms with E-state index in [0.29, 0.717) is 16.9 Å². The molecule has 25 heavy (non-hydrogen) atoms. The molecule has 0 radical (unpaired) electrons. The smallest absolute Gasteiger partial charge is 0.337 e. The number of pyridine rings is 1. The average Bonchev–Trinajstić information content (AvgIpc) is 3.23. The molecule has 2 aromatic heterocycles. The molecule has 0 spiro atoms. The number of benzene rings is 1. The molecule has 0 saturated carbocycles. The summed E-state index contributed by atoms with van der Waals surface area (Å²) in [6, 6.07) is 6.09. The van der Waals surface area contributed by atoms with Crippen molar-refractivity contribution < 1.29 is 14.3 Å². The maximum absolute atomic E-state index is 13.8. The number of carboxylic acids is 1. The van der Waals surface area contributed by atoms with Crippen molar-refractivity contribution in [3.8, 4) is 0 Å². The van der Waals surface area contributed by atoms with Crippen LogP contribution in [0.3, 0.4) is 0 Å². The fourth-order valence-electron chi connectivity index (χ4n) is 3.14. The Kier molecular flexibility index (Phi) is 3.81. The van der Waals surface area contributed by atoms with E-state index in [2.05, 4.69) is 20.7 Å². The summed E-state index contributed by atoms with van der Waals surface area (Å²) in [4.78, 5) is 15.3. The van der Waals surface area contributed by atoms with Gasteiger partial charge in [0.2, 0.25) is 0 Å². The van der Waals surface area contributed by atoms with Crippen LogP contribution in [-0.2, 0) is 0 Å². The predicted octanol–water partition coefficient (Wildman–Crippen LogP) is 2.55. The van der Waals surface area contributed by atoms with Gasteiger partial charge in [0.15, 0.2) is 5.82 Å². The maximum Gasteiger partial charge on any atom is 0.337 e. The molecule has 8 heteroatoms. The van der Waals surface area contributed by atoms with Crippen LogP contribution in [0.15, 0.2) is 36.7 Å². The molecule has 1 atom stereocenters. The monoisotopic (exact) mass is 341 g/mol. The molecule has 0 bridgehead atoms. The zero-order chi connectivity index (χ0) is 17.4. The highest BCUT2D eigenvalue weighted by molar-refractivity contribution is 5.97. The summed E-state index contributed by atoms with van der Waals surface area (Å²) < 4.78 is 15.6. The van der Waals surface area contributed by atoms with Crippen LogP contribution in [0.25, 0.3) is 10.9 Å². The number of aromatic carboxylic acids is 1. The highest BCUT2D eigenvalue weighted by Crippen LogP contribution is 2.31. The minimum atomic E-state index is -1.07. The van der Waals surface area contributed by atoms with Crippen molar-refractivity contribution >= 4 is 28.4 Å². The summed E-state index contributed by atoms with van der Waals surface area (Å²) >= 11 is 0. The molecule has 3 N–H and O–H groups in total. The SMILES string of the molecule is O=C(O)c1ccncc1Nc1nn(C2CCNC2)c2ccc(F)cc12. The second-order valence-electron chi connectivity index (χ2n) is 5.95. The van der Waals surface area contributed by atoms with Crippen LogP contribution in [0.1, 0.15) is 22.8 Å². The van der Waals surface area contributed by atoms with Gasteiger partial charge in [-0.25, -0.2) is 9.18 Å². The van der Waals surface area contributed by atoms with Crippen LogP contribution in [0.5, 0.6) is 0 Å². The minimum Gasteiger partial charge on any atom is -0.478 e. The summed E-state index contributed by atoms with van der Waals surface area (Å²) in [5.74, 6) is -1.03. The third-order valence-electron chi connectivity index (χ3n) is 4.35. The van der Waals surface area contributed by atoms with E-state index in [9.17, 15) is 14.3 Å². The molecule has 1 aliphatic rings. The number of aromatic nitrogens is 3. The Labute approximate surface area is 142 Å². The Morgan fingerprint density at radius 3 is 3.04 bits per heavy atom. The van der Waals surface area contributed by atoms with Crippen molar-refractivity contribution in [2.45, 2.75) is 12.5 Å². The van der Waals surface area contributed by atoms with Gasteiger partial charge >= 0.3 is 5.97 Å². The molecule has 7 nitrogen and oxygen atoms in total. The van der Waals surface area contributed by atoms with Gasteiger partial charge in [-0.05, 0) is 37.2 Å². The van der Waals surface area contributed by atoms with Crippen molar-refractivity contribution in [3.05, 3.63) is 48.0 Å². The van der Waals surface area contributed by atoms with Crippen molar-refractivity contribution in [1.82, 2.24) is 20.1 Å². The lowest BCUT2D eigenvalue weighted by Gasteiger charge is -2.10. The van der Waals surface area contributed by atoms with Crippen LogP contribution in [0.4, 0.5) is 15.9 Å². The van der Waals surface area contributed by atoms with Crippen molar-refractivity contribution in [2.24, 2.45) is 0 Å². The standard InChI is InChI=1S/C17H16FN5O2/c18-10-1-2-15-13(7-10)16(22-23(15)11-3-5-19-8-11)21-14-9-20-6-4-12(14)17(24)25/h1-2,4,6-7,9,11,19H,3,5,8H2,(H,21,22)(H,24,25). The molecule has 1 unspecified atom stereocenters. The molecule has 3 aromatic rings. The number of carbonyl (C=O) groups is 1. The Hall–Kier alpha value is -3.00. The summed E-state index contributed by atoms with van der Waals surface area (Å²) in [6.45, 7) is 1.70. The highest BCUT2D eigenvalue weighted by atomic mass is 19.1. The molecule has 3 heterocycles. The number of halogens is 1. The van der Waals surface area contributed by atoms with E-state index in [1.807, 2.05) is 4.68 Å². The Balaban J connectivity index is 1.82. The Bertz CT molecular complexity index is 949. The summed E-state index contributed by atoms with van der Waals surface area (Å²) in [5.41, 5.74) is 1.20. The van der Waals surface area contributed by atoms with Gasteiger partial charge in [-0.2, -0.15) is 5.10 Å². The summed E-state index contributed by atoms with van der Waals surface area (Å²) in [6.07, 6.45) is 3.76. The second kappa shape index (κ2) is 6.14. The van der Waals surface area contributed by atoms with Crippen LogP contribution in [0.2, 0.25) is 0 Å². The minimum absolute atomic E-state index is 0.0802. The van der Waals surface area contributed by atoms with Crippen LogP contribution in [0, 0.1) is 5.82 Å². The zero-order valence-electron chi connectivity index (χ0n) is 13.2. The fraction of sp³-hybridized carbons (Fsp3) is 0.235. The number of anilines is 2. The van der Waals surface area contributed by atoms with Crippen LogP contribution >= 0.6 is 0 Å². The molecule has 0 amide bonds. The molecule has 4 rings (SSSR count). The predicted molar refractivity (Wildman–Crippen MR) is 90.7 cm³/mol. The third kappa shape index (κ3) is 2.80. The zero-order valence-corrected chi connectivity index (χ0v) is 13.2. The number of hydrogen-bond donors (Lipinski definition) is 3. The number of nitrogens with one attached hydrogen (secondary N) is 2. The normalized spacial score (nSPS) is 17.1. The van der Waals surface area contributed by atoms with E-state index in [4.69, 9.17) is 0 Å². The van der Waals surface area contributed by atoms with Crippen molar-refractivity contribution in [1.29, 1.82) is 0 Å². The second-order valence-corrected chi connectivity index (χ2v) is 5.95. The molecule has 128 valence electrons. The molecule has 0 aliphatic carbocycles. The first-order chi connectivity index (χ1) is 12.1. The van der Waals surface area contributed by atoms with E-state index in [-0.39, 0.29) is 17.4 Å². The van der Waals surface area contributed by atoms with E-state index < -0.39 is 5.97 Å². The fourth-order valence-corrected chi connectivity index (χ4v) is 3.14. The number of rotatable bonds is 4. The van der Waals surface area contributed by atoms with Gasteiger partial charge in [-0.3, -0.25) is 9.67 Å². The van der Waals surface area contributed by atoms with Gasteiger partial charge in [0.25, 0.3) is 0 Å². The number of hydrogen-bond acceptors (Lipinski definition) is 5. The first-order valence-corrected chi connectivity index (χ1v) is 7.96. The Morgan fingerprint density at radius 2 is 2.28 bits per heavy atom. The quantitative estimate of drug-likeness (QED) is 0.675. The third-order valence-corrected chi connectivity index (χ3v) is 4.35. The van der Waals surface area contributed by atoms with E-state index >= 15 is 0 Å².